The van der Waals surface area contributed by atoms with Gasteiger partial charge in [-0.15, -0.1) is 34.4 Å². The molecule has 170 valence electrons. The predicted molar refractivity (Wildman–Crippen MR) is 140 cm³/mol. The molecule has 5 nitrogen and oxygen atoms in total. The fourth-order valence-corrected chi connectivity index (χ4v) is 7.25. The van der Waals surface area contributed by atoms with Crippen LogP contribution in [0.25, 0.3) is 20.8 Å². The molecule has 0 bridgehead atoms. The Morgan fingerprint density at radius 1 is 1.18 bits per heavy atom. The summed E-state index contributed by atoms with van der Waals surface area (Å²) in [5.41, 5.74) is 3.49. The highest BCUT2D eigenvalue weighted by Crippen LogP contribution is 2.45. The molecule has 2 aromatic carbocycles. The number of hydrogen-bond acceptors (Lipinski definition) is 7. The smallest absolute Gasteiger partial charge is 0.225 e. The highest BCUT2D eigenvalue weighted by atomic mass is 32.2. The van der Waals surface area contributed by atoms with E-state index in [1.54, 1.807) is 41.5 Å². The van der Waals surface area contributed by atoms with Gasteiger partial charge in [-0.05, 0) is 55.4 Å². The summed E-state index contributed by atoms with van der Waals surface area (Å²) in [5.74, 6) is 1.61. The van der Waals surface area contributed by atoms with Crippen LogP contribution in [0.5, 0.6) is 5.75 Å². The number of hydrogen-bond donors (Lipinski definition) is 1. The van der Waals surface area contributed by atoms with Crippen molar-refractivity contribution in [3.63, 3.8) is 0 Å². The van der Waals surface area contributed by atoms with E-state index in [1.807, 2.05) is 36.4 Å². The van der Waals surface area contributed by atoms with Gasteiger partial charge in [0.2, 0.25) is 5.91 Å². The van der Waals surface area contributed by atoms with Crippen molar-refractivity contribution in [3.8, 4) is 16.3 Å². The van der Waals surface area contributed by atoms with Crippen molar-refractivity contribution in [1.82, 2.24) is 9.88 Å². The van der Waals surface area contributed by atoms with Crippen LogP contribution in [0.1, 0.15) is 16.9 Å². The van der Waals surface area contributed by atoms with Crippen LogP contribution in [-0.2, 0) is 17.8 Å². The molecule has 5 rings (SSSR count). The van der Waals surface area contributed by atoms with E-state index in [2.05, 4.69) is 29.4 Å². The lowest BCUT2D eigenvalue weighted by molar-refractivity contribution is -0.115. The van der Waals surface area contributed by atoms with Crippen molar-refractivity contribution in [3.05, 3.63) is 59.0 Å². The minimum Gasteiger partial charge on any atom is -0.497 e. The Balaban J connectivity index is 1.34. The number of likely N-dealkylation sites (N-methyl/N-ethyl adjacent to an activating group) is 1. The number of nitrogens with one attached hydrogen (secondary N) is 1. The largest absolute Gasteiger partial charge is 0.497 e. The van der Waals surface area contributed by atoms with Crippen LogP contribution in [0.3, 0.4) is 0 Å². The average molecular weight is 496 g/mol. The van der Waals surface area contributed by atoms with Gasteiger partial charge in [0.1, 0.15) is 15.8 Å². The van der Waals surface area contributed by atoms with Crippen LogP contribution in [0.2, 0.25) is 0 Å². The van der Waals surface area contributed by atoms with Crippen molar-refractivity contribution in [2.24, 2.45) is 0 Å². The quantitative estimate of drug-likeness (QED) is 0.312. The molecule has 2 aromatic heterocycles. The molecule has 0 saturated heterocycles. The van der Waals surface area contributed by atoms with Crippen LogP contribution >= 0.6 is 34.4 Å². The maximum Gasteiger partial charge on any atom is 0.225 e. The fraction of sp³-hybridized carbons (Fsp3) is 0.280. The number of thioether (sulfide) groups is 1. The SMILES string of the molecule is COc1ccc(SCCC(=O)Nc2sc3c(c2-c2nc4ccccc4s2)CCN(C)C3)cc1. The topological polar surface area (TPSA) is 54.5 Å². The standard InChI is InChI=1S/C25H25N3O2S3/c1-28-13-11-18-21(15-28)33-25(23(18)24-26-19-5-3-4-6-20(19)32-24)27-22(29)12-14-31-17-9-7-16(30-2)8-10-17/h3-10H,11-15H2,1-2H3,(H,27,29). The summed E-state index contributed by atoms with van der Waals surface area (Å²) in [6.07, 6.45) is 1.44. The van der Waals surface area contributed by atoms with E-state index in [-0.39, 0.29) is 5.91 Å². The first-order chi connectivity index (χ1) is 16.1. The third kappa shape index (κ3) is 4.94. The van der Waals surface area contributed by atoms with Gasteiger partial charge < -0.3 is 15.0 Å². The maximum absolute atomic E-state index is 12.9. The van der Waals surface area contributed by atoms with Gasteiger partial charge in [-0.3, -0.25) is 4.79 Å². The molecular weight excluding hydrogens is 470 g/mol. The van der Waals surface area contributed by atoms with E-state index in [9.17, 15) is 4.79 Å². The molecule has 0 aliphatic carbocycles. The third-order valence-electron chi connectivity index (χ3n) is 5.67. The van der Waals surface area contributed by atoms with E-state index in [0.717, 1.165) is 57.0 Å². The number of benzene rings is 2. The summed E-state index contributed by atoms with van der Waals surface area (Å²) >= 11 is 5.09. The summed E-state index contributed by atoms with van der Waals surface area (Å²) in [5, 5.41) is 5.16. The molecule has 1 N–H and O–H groups in total. The lowest BCUT2D eigenvalue weighted by atomic mass is 10.0. The zero-order chi connectivity index (χ0) is 22.8. The molecule has 1 aliphatic rings. The van der Waals surface area contributed by atoms with E-state index in [0.29, 0.717) is 6.42 Å². The number of carbonyl (C=O) groups excluding carboxylic acids is 1. The Kier molecular flexibility index (Phi) is 6.69. The van der Waals surface area contributed by atoms with Crippen molar-refractivity contribution in [2.45, 2.75) is 24.3 Å². The number of fused-ring (bicyclic) bond motifs is 2. The average Bonchev–Trinajstić information content (AvgIpc) is 3.39. The third-order valence-corrected chi connectivity index (χ3v) is 8.87. The number of carbonyl (C=O) groups is 1. The Morgan fingerprint density at radius 3 is 2.79 bits per heavy atom. The van der Waals surface area contributed by atoms with Crippen molar-refractivity contribution < 1.29 is 9.53 Å². The number of amides is 1. The Morgan fingerprint density at radius 2 is 2.00 bits per heavy atom. The van der Waals surface area contributed by atoms with Gasteiger partial charge in [0.05, 0.1) is 17.3 Å². The Hall–Kier alpha value is -2.39. The lowest BCUT2D eigenvalue weighted by Crippen LogP contribution is -2.25. The molecule has 0 atom stereocenters. The first-order valence-electron chi connectivity index (χ1n) is 10.9. The number of aromatic nitrogens is 1. The molecule has 8 heteroatoms. The van der Waals surface area contributed by atoms with Crippen LogP contribution in [0.15, 0.2) is 53.4 Å². The van der Waals surface area contributed by atoms with Gasteiger partial charge in [-0.1, -0.05) is 12.1 Å². The van der Waals surface area contributed by atoms with E-state index in [1.165, 1.54) is 15.1 Å². The number of thiophene rings is 1. The van der Waals surface area contributed by atoms with E-state index in [4.69, 9.17) is 9.72 Å². The second-order valence-electron chi connectivity index (χ2n) is 8.00. The van der Waals surface area contributed by atoms with E-state index < -0.39 is 0 Å². The number of nitrogens with zero attached hydrogens (tertiary/aromatic N) is 2. The Bertz CT molecular complexity index is 1250. The molecule has 1 aliphatic heterocycles. The van der Waals surface area contributed by atoms with Gasteiger partial charge in [-0.2, -0.15) is 0 Å². The maximum atomic E-state index is 12.9. The molecule has 0 fully saturated rings. The number of rotatable bonds is 7. The normalized spacial score (nSPS) is 13.8. The molecule has 3 heterocycles. The molecule has 4 aromatic rings. The number of ether oxygens (including phenoxy) is 1. The Labute approximate surface area is 205 Å². The molecule has 1 amide bonds. The van der Waals surface area contributed by atoms with Crippen LogP contribution < -0.4 is 10.1 Å². The second-order valence-corrected chi connectivity index (χ2v) is 11.3. The first-order valence-corrected chi connectivity index (χ1v) is 13.5. The number of methoxy groups -OCH3 is 1. The first kappa shape index (κ1) is 22.4. The van der Waals surface area contributed by atoms with Crippen LogP contribution in [0, 0.1) is 0 Å². The molecule has 33 heavy (non-hydrogen) atoms. The summed E-state index contributed by atoms with van der Waals surface area (Å²) in [7, 11) is 3.81. The minimum atomic E-state index is 0.0466. The summed E-state index contributed by atoms with van der Waals surface area (Å²) < 4.78 is 6.38. The van der Waals surface area contributed by atoms with Gasteiger partial charge in [0, 0.05) is 40.6 Å². The number of para-hydroxylation sites is 1. The van der Waals surface area contributed by atoms with Crippen molar-refractivity contribution >= 4 is 55.6 Å². The summed E-state index contributed by atoms with van der Waals surface area (Å²) in [6, 6.07) is 16.2. The molecule has 0 unspecified atom stereocenters. The summed E-state index contributed by atoms with van der Waals surface area (Å²) in [6.45, 7) is 1.94. The van der Waals surface area contributed by atoms with Crippen molar-refractivity contribution in [2.75, 3.05) is 31.8 Å². The predicted octanol–water partition coefficient (Wildman–Crippen LogP) is 6.14. The number of thiazole rings is 1. The van der Waals surface area contributed by atoms with Crippen molar-refractivity contribution in [1.29, 1.82) is 0 Å². The van der Waals surface area contributed by atoms with Gasteiger partial charge in [0.15, 0.2) is 0 Å². The zero-order valence-corrected chi connectivity index (χ0v) is 21.0. The van der Waals surface area contributed by atoms with Crippen LogP contribution in [0.4, 0.5) is 5.00 Å². The summed E-state index contributed by atoms with van der Waals surface area (Å²) in [4.78, 5) is 22.6. The number of anilines is 1. The van der Waals surface area contributed by atoms with Gasteiger partial charge in [-0.25, -0.2) is 4.98 Å². The second kappa shape index (κ2) is 9.85. The highest BCUT2D eigenvalue weighted by Gasteiger charge is 2.26. The highest BCUT2D eigenvalue weighted by molar-refractivity contribution is 7.99. The van der Waals surface area contributed by atoms with Gasteiger partial charge in [0.25, 0.3) is 0 Å². The monoisotopic (exact) mass is 495 g/mol. The molecular formula is C25H25N3O2S3. The fourth-order valence-electron chi connectivity index (χ4n) is 3.95. The zero-order valence-electron chi connectivity index (χ0n) is 18.6. The van der Waals surface area contributed by atoms with E-state index >= 15 is 0 Å². The molecule has 0 spiro atoms. The van der Waals surface area contributed by atoms with Gasteiger partial charge >= 0.3 is 0 Å². The van der Waals surface area contributed by atoms with Crippen LogP contribution in [-0.4, -0.2) is 42.2 Å². The lowest BCUT2D eigenvalue weighted by Gasteiger charge is -2.22. The molecule has 0 saturated carbocycles. The minimum absolute atomic E-state index is 0.0466. The molecule has 0 radical (unpaired) electrons.